The Kier molecular flexibility index (Phi) is 5.30. The minimum atomic E-state index is -0.0626. The number of hydrogen-bond donors (Lipinski definition) is 1. The van der Waals surface area contributed by atoms with E-state index in [-0.39, 0.29) is 17.8 Å². The van der Waals surface area contributed by atoms with Gasteiger partial charge in [-0.05, 0) is 37.1 Å². The van der Waals surface area contributed by atoms with Crippen molar-refractivity contribution in [1.82, 2.24) is 24.6 Å². The number of rotatable bonds is 2. The molecule has 0 amide bonds. The zero-order valence-electron chi connectivity index (χ0n) is 20.9. The van der Waals surface area contributed by atoms with Crippen molar-refractivity contribution in [2.45, 2.75) is 44.6 Å². The van der Waals surface area contributed by atoms with Crippen molar-refractivity contribution in [1.29, 1.82) is 0 Å². The van der Waals surface area contributed by atoms with Gasteiger partial charge < -0.3 is 14.2 Å². The number of nitrogens with zero attached hydrogens (tertiary/aromatic N) is 4. The van der Waals surface area contributed by atoms with Gasteiger partial charge in [0.25, 0.3) is 5.56 Å². The van der Waals surface area contributed by atoms with Crippen molar-refractivity contribution in [3.05, 3.63) is 58.4 Å². The van der Waals surface area contributed by atoms with Crippen LogP contribution < -0.4 is 15.0 Å². The normalized spacial score (nSPS) is 25.0. The van der Waals surface area contributed by atoms with E-state index >= 15 is 0 Å². The van der Waals surface area contributed by atoms with E-state index in [1.54, 1.807) is 11.8 Å². The van der Waals surface area contributed by atoms with Crippen LogP contribution in [0.5, 0.6) is 11.6 Å². The van der Waals surface area contributed by atoms with Crippen molar-refractivity contribution < 1.29 is 14.2 Å². The van der Waals surface area contributed by atoms with E-state index in [4.69, 9.17) is 24.2 Å². The summed E-state index contributed by atoms with van der Waals surface area (Å²) in [5, 5.41) is 3.97. The second-order valence-electron chi connectivity index (χ2n) is 10.1. The van der Waals surface area contributed by atoms with E-state index in [1.165, 1.54) is 0 Å². The number of aromatic amines is 1. The van der Waals surface area contributed by atoms with E-state index in [9.17, 15) is 4.79 Å². The van der Waals surface area contributed by atoms with Crippen molar-refractivity contribution in [2.75, 3.05) is 26.8 Å². The first-order valence-corrected chi connectivity index (χ1v) is 12.9. The number of hydrogen-bond acceptors (Lipinski definition) is 7. The van der Waals surface area contributed by atoms with Crippen LogP contribution in [0.25, 0.3) is 33.2 Å². The van der Waals surface area contributed by atoms with Crippen LogP contribution in [0.1, 0.15) is 31.4 Å². The van der Waals surface area contributed by atoms with E-state index in [1.807, 2.05) is 30.3 Å². The second kappa shape index (κ2) is 8.71. The van der Waals surface area contributed by atoms with Crippen molar-refractivity contribution >= 4 is 21.9 Å². The molecule has 0 spiro atoms. The highest BCUT2D eigenvalue weighted by Gasteiger charge is 2.32. The maximum absolute atomic E-state index is 13.2. The Balaban J connectivity index is 1.49. The van der Waals surface area contributed by atoms with Gasteiger partial charge in [-0.15, -0.1) is 0 Å². The predicted octanol–water partition coefficient (Wildman–Crippen LogP) is 3.82. The van der Waals surface area contributed by atoms with Gasteiger partial charge in [-0.2, -0.15) is 0 Å². The minimum Gasteiger partial charge on any atom is -0.487 e. The third-order valence-electron chi connectivity index (χ3n) is 7.81. The molecular formula is C28H29N5O4. The summed E-state index contributed by atoms with van der Waals surface area (Å²) in [6, 6.07) is 10.1. The molecule has 3 unspecified atom stereocenters. The summed E-state index contributed by atoms with van der Waals surface area (Å²) in [6.07, 6.45) is 5.84. The van der Waals surface area contributed by atoms with E-state index in [2.05, 4.69) is 29.1 Å². The quantitative estimate of drug-likeness (QED) is 0.419. The van der Waals surface area contributed by atoms with Gasteiger partial charge >= 0.3 is 0 Å². The lowest BCUT2D eigenvalue weighted by atomic mass is 10.0. The molecule has 2 aromatic heterocycles. The highest BCUT2D eigenvalue weighted by molar-refractivity contribution is 5.95. The number of aromatic nitrogens is 4. The molecule has 4 aromatic rings. The van der Waals surface area contributed by atoms with Crippen molar-refractivity contribution in [3.8, 4) is 22.9 Å². The molecule has 6 bridgehead atoms. The molecule has 5 heterocycles. The zero-order chi connectivity index (χ0) is 25.1. The summed E-state index contributed by atoms with van der Waals surface area (Å²) in [5.41, 5.74) is 4.41. The van der Waals surface area contributed by atoms with Gasteiger partial charge in [0.15, 0.2) is 0 Å². The van der Waals surface area contributed by atoms with Crippen molar-refractivity contribution in [3.63, 3.8) is 0 Å². The maximum Gasteiger partial charge on any atom is 0.274 e. The lowest BCUT2D eigenvalue weighted by Crippen LogP contribution is -2.33. The summed E-state index contributed by atoms with van der Waals surface area (Å²) in [4.78, 5) is 25.6. The second-order valence-corrected chi connectivity index (χ2v) is 10.1. The molecule has 9 heteroatoms. The summed E-state index contributed by atoms with van der Waals surface area (Å²) < 4.78 is 20.1. The zero-order valence-corrected chi connectivity index (χ0v) is 20.9. The molecule has 1 saturated heterocycles. The van der Waals surface area contributed by atoms with Crippen LogP contribution in [0.2, 0.25) is 0 Å². The third-order valence-corrected chi connectivity index (χ3v) is 7.81. The fourth-order valence-electron chi connectivity index (χ4n) is 5.87. The summed E-state index contributed by atoms with van der Waals surface area (Å²) in [5.74, 6) is 1.10. The van der Waals surface area contributed by atoms with E-state index < -0.39 is 0 Å². The Hall–Kier alpha value is -3.69. The van der Waals surface area contributed by atoms with Gasteiger partial charge in [-0.3, -0.25) is 19.5 Å². The minimum absolute atomic E-state index is 0.00904. The molecule has 0 aliphatic carbocycles. The topological polar surface area (TPSA) is 94.5 Å². The molecule has 37 heavy (non-hydrogen) atoms. The molecular weight excluding hydrogens is 470 g/mol. The van der Waals surface area contributed by atoms with Gasteiger partial charge in [0.1, 0.15) is 23.1 Å². The Morgan fingerprint density at radius 3 is 2.92 bits per heavy atom. The van der Waals surface area contributed by atoms with Crippen molar-refractivity contribution in [2.24, 2.45) is 0 Å². The molecule has 1 N–H and O–H groups in total. The molecule has 7 rings (SSSR count). The van der Waals surface area contributed by atoms with Gasteiger partial charge in [-0.25, -0.2) is 9.97 Å². The van der Waals surface area contributed by atoms with Crippen LogP contribution in [0.4, 0.5) is 0 Å². The fraction of sp³-hybridized carbons (Fsp3) is 0.393. The number of methoxy groups -OCH3 is 1. The molecule has 3 aliphatic heterocycles. The van der Waals surface area contributed by atoms with Crippen LogP contribution >= 0.6 is 0 Å². The first kappa shape index (κ1) is 22.5. The number of nitrogens with one attached hydrogen (secondary N) is 1. The van der Waals surface area contributed by atoms with Crippen LogP contribution in [0, 0.1) is 0 Å². The monoisotopic (exact) mass is 499 g/mol. The number of fused-ring (bicyclic) bond motifs is 5. The SMILES string of the molecule is COc1nc2cc(C3CC=CCO3)cc3c2nc1-c1cccc2c(=O)n([nH]c12)CCN1CC(C[C@H]1C)O3. The largest absolute Gasteiger partial charge is 0.487 e. The molecule has 3 aliphatic rings. The standard InChI is InChI=1S/C28H29N5O4/c1-16-12-18-15-32(16)9-10-33-28(34)20-7-5-6-19(24(20)31-33)25-27(35-2)29-21-13-17(22-8-3-4-11-36-22)14-23(37-18)26(21)30-25/h3-7,13-14,16,18,22,31H,8-12,15H2,1-2H3/t16-,18?,22?/m1/s1. The van der Waals surface area contributed by atoms with Crippen LogP contribution in [0.15, 0.2) is 47.3 Å². The average molecular weight is 500 g/mol. The van der Waals surface area contributed by atoms with Gasteiger partial charge in [0.05, 0.1) is 42.8 Å². The highest BCUT2D eigenvalue weighted by Crippen LogP contribution is 2.38. The first-order chi connectivity index (χ1) is 18.1. The first-order valence-electron chi connectivity index (χ1n) is 12.9. The lowest BCUT2D eigenvalue weighted by Gasteiger charge is -2.23. The third kappa shape index (κ3) is 3.72. The van der Waals surface area contributed by atoms with Gasteiger partial charge in [0, 0.05) is 31.1 Å². The maximum atomic E-state index is 13.2. The molecule has 0 saturated carbocycles. The Labute approximate surface area is 213 Å². The number of benzene rings is 2. The Bertz CT molecular complexity index is 1610. The van der Waals surface area contributed by atoms with Crippen LogP contribution in [0.3, 0.4) is 0 Å². The predicted molar refractivity (Wildman–Crippen MR) is 140 cm³/mol. The molecule has 4 atom stereocenters. The van der Waals surface area contributed by atoms with Crippen LogP contribution in [-0.4, -0.2) is 63.6 Å². The number of para-hydroxylation sites is 1. The number of ether oxygens (including phenoxy) is 3. The van der Waals surface area contributed by atoms with Crippen LogP contribution in [-0.2, 0) is 11.3 Å². The van der Waals surface area contributed by atoms with Gasteiger partial charge in [-0.1, -0.05) is 24.3 Å². The Morgan fingerprint density at radius 2 is 2.08 bits per heavy atom. The van der Waals surface area contributed by atoms with Gasteiger partial charge in [0.2, 0.25) is 5.88 Å². The Morgan fingerprint density at radius 1 is 1.16 bits per heavy atom. The highest BCUT2D eigenvalue weighted by atomic mass is 16.5. The molecule has 190 valence electrons. The summed E-state index contributed by atoms with van der Waals surface area (Å²) in [7, 11) is 1.59. The summed E-state index contributed by atoms with van der Waals surface area (Å²) >= 11 is 0. The fourth-order valence-corrected chi connectivity index (χ4v) is 5.87. The van der Waals surface area contributed by atoms with E-state index in [0.29, 0.717) is 52.9 Å². The summed E-state index contributed by atoms with van der Waals surface area (Å²) in [6.45, 7) is 4.91. The lowest BCUT2D eigenvalue weighted by molar-refractivity contribution is 0.0675. The molecule has 0 radical (unpaired) electrons. The van der Waals surface area contributed by atoms with E-state index in [0.717, 1.165) is 42.6 Å². The smallest absolute Gasteiger partial charge is 0.274 e. The molecule has 2 aromatic carbocycles. The molecule has 1 fully saturated rings. The number of H-pyrrole nitrogens is 1. The average Bonchev–Trinajstić information content (AvgIpc) is 3.44. The molecule has 9 nitrogen and oxygen atoms in total.